The molecule has 0 fully saturated rings. The monoisotopic (exact) mass is 192 g/mol. The Morgan fingerprint density at radius 1 is 1.50 bits per heavy atom. The van der Waals surface area contributed by atoms with E-state index in [0.717, 1.165) is 10.9 Å². The summed E-state index contributed by atoms with van der Waals surface area (Å²) in [5, 5.41) is 13.8. The highest BCUT2D eigenvalue weighted by atomic mass is 16.3. The number of fused-ring (bicyclic) bond motifs is 1. The smallest absolute Gasteiger partial charge is 0.0938 e. The Morgan fingerprint density at radius 3 is 3.14 bits per heavy atom. The lowest BCUT2D eigenvalue weighted by Gasteiger charge is -2.05. The van der Waals surface area contributed by atoms with Gasteiger partial charge in [0.25, 0.3) is 0 Å². The summed E-state index contributed by atoms with van der Waals surface area (Å²) >= 11 is 0. The Hall–Kier alpha value is -1.75. The molecule has 0 atom stereocenters. The lowest BCUT2D eigenvalue weighted by Crippen LogP contribution is -2.19. The van der Waals surface area contributed by atoms with E-state index in [1.165, 1.54) is 0 Å². The number of nitrogens with one attached hydrogen (secondary N) is 1. The van der Waals surface area contributed by atoms with Crippen LogP contribution in [-0.4, -0.2) is 28.1 Å². The molecular formula is C9H12N4O. The van der Waals surface area contributed by atoms with Crippen LogP contribution in [0.15, 0.2) is 24.4 Å². The van der Waals surface area contributed by atoms with Gasteiger partial charge in [0.05, 0.1) is 24.9 Å². The van der Waals surface area contributed by atoms with Crippen LogP contribution >= 0.6 is 0 Å². The van der Waals surface area contributed by atoms with E-state index in [1.807, 2.05) is 18.2 Å². The van der Waals surface area contributed by atoms with Gasteiger partial charge >= 0.3 is 0 Å². The molecule has 0 bridgehead atoms. The number of aromatic nitrogens is 2. The van der Waals surface area contributed by atoms with Gasteiger partial charge in [-0.15, -0.1) is 0 Å². The fraction of sp³-hybridized carbons (Fsp3) is 0.222. The molecule has 0 aliphatic heterocycles. The first kappa shape index (κ1) is 8.83. The van der Waals surface area contributed by atoms with Crippen molar-refractivity contribution in [3.05, 3.63) is 24.4 Å². The van der Waals surface area contributed by atoms with E-state index in [4.69, 9.17) is 10.8 Å². The number of anilines is 1. The maximum absolute atomic E-state index is 8.66. The average Bonchev–Trinajstić information content (AvgIpc) is 2.57. The van der Waals surface area contributed by atoms with Gasteiger partial charge < -0.3 is 16.3 Å². The molecule has 2 aromatic rings. The summed E-state index contributed by atoms with van der Waals surface area (Å²) < 4.78 is 0. The molecular weight excluding hydrogens is 180 g/mol. The number of benzene rings is 1. The highest BCUT2D eigenvalue weighted by Crippen LogP contribution is 2.15. The van der Waals surface area contributed by atoms with Crippen LogP contribution in [0.5, 0.6) is 0 Å². The third-order valence-electron chi connectivity index (χ3n) is 1.97. The van der Waals surface area contributed by atoms with Gasteiger partial charge in [0.2, 0.25) is 0 Å². The van der Waals surface area contributed by atoms with Crippen LogP contribution in [0.3, 0.4) is 0 Å². The minimum absolute atomic E-state index is 0.0731. The lowest BCUT2D eigenvalue weighted by atomic mass is 10.2. The minimum Gasteiger partial charge on any atom is -0.399 e. The quantitative estimate of drug-likeness (QED) is 0.605. The Bertz CT molecular complexity index is 437. The highest BCUT2D eigenvalue weighted by Gasteiger charge is 2.01. The van der Waals surface area contributed by atoms with Crippen LogP contribution in [0.4, 0.5) is 5.69 Å². The van der Waals surface area contributed by atoms with Gasteiger partial charge in [-0.3, -0.25) is 0 Å². The summed E-state index contributed by atoms with van der Waals surface area (Å²) in [5.41, 5.74) is 10.2. The van der Waals surface area contributed by atoms with Gasteiger partial charge in [0.1, 0.15) is 0 Å². The normalized spacial score (nSPS) is 10.6. The van der Waals surface area contributed by atoms with Crippen molar-refractivity contribution in [2.75, 3.05) is 24.3 Å². The van der Waals surface area contributed by atoms with E-state index in [-0.39, 0.29) is 6.61 Å². The molecule has 0 spiro atoms. The second kappa shape index (κ2) is 3.55. The van der Waals surface area contributed by atoms with Crippen molar-refractivity contribution in [3.63, 3.8) is 0 Å². The molecule has 2 rings (SSSR count). The van der Waals surface area contributed by atoms with E-state index in [0.29, 0.717) is 12.2 Å². The van der Waals surface area contributed by atoms with E-state index in [1.54, 1.807) is 11.0 Å². The predicted molar refractivity (Wildman–Crippen MR) is 55.5 cm³/mol. The van der Waals surface area contributed by atoms with E-state index < -0.39 is 0 Å². The summed E-state index contributed by atoms with van der Waals surface area (Å²) in [6.45, 7) is 0.537. The standard InChI is InChI=1S/C9H12N4O/c10-8-2-1-7-6-12-13(9(7)5-8)11-3-4-14/h1-2,5-6,11,14H,3-4,10H2. The molecule has 0 radical (unpaired) electrons. The molecule has 0 saturated heterocycles. The van der Waals surface area contributed by atoms with Gasteiger partial charge in [-0.25, -0.2) is 0 Å². The number of nitrogen functional groups attached to an aromatic ring is 1. The van der Waals surface area contributed by atoms with Crippen LogP contribution in [0.2, 0.25) is 0 Å². The summed E-state index contributed by atoms with van der Waals surface area (Å²) in [4.78, 5) is 1.61. The van der Waals surface area contributed by atoms with Crippen LogP contribution in [0.1, 0.15) is 0 Å². The molecule has 14 heavy (non-hydrogen) atoms. The second-order valence-corrected chi connectivity index (χ2v) is 3.01. The zero-order valence-electron chi connectivity index (χ0n) is 7.64. The van der Waals surface area contributed by atoms with Crippen LogP contribution < -0.4 is 11.2 Å². The van der Waals surface area contributed by atoms with Gasteiger partial charge in [-0.05, 0) is 18.2 Å². The lowest BCUT2D eigenvalue weighted by molar-refractivity contribution is 0.306. The van der Waals surface area contributed by atoms with Crippen molar-refractivity contribution >= 4 is 16.6 Å². The number of nitrogens with two attached hydrogens (primary N) is 1. The number of aliphatic hydroxyl groups excluding tert-OH is 1. The fourth-order valence-corrected chi connectivity index (χ4v) is 1.32. The van der Waals surface area contributed by atoms with Crippen LogP contribution in [0.25, 0.3) is 10.9 Å². The molecule has 74 valence electrons. The molecule has 0 amide bonds. The van der Waals surface area contributed by atoms with Crippen molar-refractivity contribution in [3.8, 4) is 0 Å². The first-order chi connectivity index (χ1) is 6.81. The summed E-state index contributed by atoms with van der Waals surface area (Å²) in [7, 11) is 0. The van der Waals surface area contributed by atoms with Crippen molar-refractivity contribution in [1.29, 1.82) is 0 Å². The minimum atomic E-state index is 0.0731. The largest absolute Gasteiger partial charge is 0.399 e. The molecule has 5 heteroatoms. The molecule has 0 unspecified atom stereocenters. The van der Waals surface area contributed by atoms with E-state index in [2.05, 4.69) is 10.5 Å². The van der Waals surface area contributed by atoms with Crippen LogP contribution in [0, 0.1) is 0 Å². The number of hydrogen-bond donors (Lipinski definition) is 3. The maximum atomic E-state index is 8.66. The van der Waals surface area contributed by atoms with Crippen molar-refractivity contribution in [1.82, 2.24) is 9.89 Å². The SMILES string of the molecule is Nc1ccc2cnn(NCCO)c2c1. The van der Waals surface area contributed by atoms with Crippen LogP contribution in [-0.2, 0) is 0 Å². The molecule has 5 nitrogen and oxygen atoms in total. The van der Waals surface area contributed by atoms with Gasteiger partial charge in [0.15, 0.2) is 0 Å². The third kappa shape index (κ3) is 1.49. The number of nitrogens with zero attached hydrogens (tertiary/aromatic N) is 2. The topological polar surface area (TPSA) is 76.1 Å². The Balaban J connectivity index is 2.40. The molecule has 1 aromatic carbocycles. The number of hydrogen-bond acceptors (Lipinski definition) is 4. The molecule has 1 heterocycles. The van der Waals surface area contributed by atoms with Crippen molar-refractivity contribution in [2.45, 2.75) is 0 Å². The second-order valence-electron chi connectivity index (χ2n) is 3.01. The summed E-state index contributed by atoms with van der Waals surface area (Å²) in [6.07, 6.45) is 1.75. The van der Waals surface area contributed by atoms with E-state index in [9.17, 15) is 0 Å². The Morgan fingerprint density at radius 2 is 2.36 bits per heavy atom. The zero-order chi connectivity index (χ0) is 9.97. The maximum Gasteiger partial charge on any atom is 0.0938 e. The number of aliphatic hydroxyl groups is 1. The molecule has 1 aromatic heterocycles. The van der Waals surface area contributed by atoms with E-state index >= 15 is 0 Å². The van der Waals surface area contributed by atoms with Gasteiger partial charge in [-0.1, -0.05) is 0 Å². The molecule has 0 aliphatic rings. The number of rotatable bonds is 3. The molecule has 0 aliphatic carbocycles. The zero-order valence-corrected chi connectivity index (χ0v) is 7.64. The van der Waals surface area contributed by atoms with Gasteiger partial charge in [-0.2, -0.15) is 9.89 Å². The molecule has 0 saturated carbocycles. The molecule has 4 N–H and O–H groups in total. The Labute approximate surface area is 81.1 Å². The third-order valence-corrected chi connectivity index (χ3v) is 1.97. The highest BCUT2D eigenvalue weighted by molar-refractivity contribution is 5.81. The first-order valence-electron chi connectivity index (χ1n) is 4.39. The predicted octanol–water partition coefficient (Wildman–Crippen LogP) is 0.154. The van der Waals surface area contributed by atoms with Crippen molar-refractivity contribution < 1.29 is 5.11 Å². The Kier molecular flexibility index (Phi) is 2.24. The fourth-order valence-electron chi connectivity index (χ4n) is 1.32. The average molecular weight is 192 g/mol. The summed E-state index contributed by atoms with van der Waals surface area (Å²) in [5.74, 6) is 0. The van der Waals surface area contributed by atoms with Gasteiger partial charge in [0, 0.05) is 11.1 Å². The first-order valence-corrected chi connectivity index (χ1v) is 4.39. The summed E-state index contributed by atoms with van der Waals surface area (Å²) in [6, 6.07) is 5.59. The van der Waals surface area contributed by atoms with Crippen molar-refractivity contribution in [2.24, 2.45) is 0 Å².